The van der Waals surface area contributed by atoms with E-state index in [-0.39, 0.29) is 32.2 Å². The van der Waals surface area contributed by atoms with Gasteiger partial charge in [-0.2, -0.15) is 0 Å². The molecule has 0 saturated carbocycles. The van der Waals surface area contributed by atoms with Crippen molar-refractivity contribution in [1.29, 1.82) is 0 Å². The second-order valence-corrected chi connectivity index (χ2v) is 11.5. The van der Waals surface area contributed by atoms with Crippen LogP contribution in [0.5, 0.6) is 0 Å². The van der Waals surface area contributed by atoms with E-state index in [4.69, 9.17) is 3.32 Å². The fourth-order valence-electron chi connectivity index (χ4n) is 4.22. The first-order chi connectivity index (χ1) is 15.3. The van der Waals surface area contributed by atoms with Gasteiger partial charge in [0, 0.05) is 0 Å². The molecule has 0 saturated heterocycles. The molecule has 1 atom stereocenters. The molecule has 0 aliphatic heterocycles. The van der Waals surface area contributed by atoms with Gasteiger partial charge in [0.25, 0.3) is 0 Å². The van der Waals surface area contributed by atoms with Crippen LogP contribution in [0.3, 0.4) is 0 Å². The minimum atomic E-state index is -0.381. The molecule has 0 spiro atoms. The molecule has 194 valence electrons. The SMILES string of the molecule is CCCCCCCCCC[N](CCCCCCCCCC)[Ti][O]CC(CC)CCCC.Cl. The first-order valence-corrected chi connectivity index (χ1v) is 15.7. The zero-order valence-corrected chi connectivity index (χ0v) is 25.0. The van der Waals surface area contributed by atoms with E-state index in [1.807, 2.05) is 0 Å². The van der Waals surface area contributed by atoms with Gasteiger partial charge >= 0.3 is 208 Å². The third-order valence-electron chi connectivity index (χ3n) is 6.62. The van der Waals surface area contributed by atoms with E-state index in [1.54, 1.807) is 0 Å². The molecule has 0 aliphatic rings. The Morgan fingerprint density at radius 2 is 0.969 bits per heavy atom. The average Bonchev–Trinajstić information content (AvgIpc) is 2.79. The van der Waals surface area contributed by atoms with Crippen molar-refractivity contribution in [3.05, 3.63) is 0 Å². The third-order valence-corrected chi connectivity index (χ3v) is 8.18. The van der Waals surface area contributed by atoms with Crippen LogP contribution in [-0.4, -0.2) is 23.1 Å². The molecule has 32 heavy (non-hydrogen) atoms. The Bertz CT molecular complexity index is 313. The van der Waals surface area contributed by atoms with Gasteiger partial charge in [0.1, 0.15) is 0 Å². The molecule has 4 heteroatoms. The minimum Gasteiger partial charge on any atom is -0.147 e. The topological polar surface area (TPSA) is 12.5 Å². The Labute approximate surface area is 219 Å². The number of halogens is 1. The maximum Gasteiger partial charge on any atom is -0.147 e. The number of nitrogens with zero attached hydrogens (tertiary/aromatic N) is 1. The van der Waals surface area contributed by atoms with Gasteiger partial charge in [-0.05, 0) is 0 Å². The summed E-state index contributed by atoms with van der Waals surface area (Å²) in [6.45, 7) is 12.8. The second kappa shape index (κ2) is 30.0. The number of rotatable bonds is 26. The maximum atomic E-state index is 6.34. The molecule has 0 bridgehead atoms. The fourth-order valence-corrected chi connectivity index (χ4v) is 5.77. The molecule has 0 radical (unpaired) electrons. The summed E-state index contributed by atoms with van der Waals surface area (Å²) in [6, 6.07) is 0. The van der Waals surface area contributed by atoms with Crippen molar-refractivity contribution in [2.45, 2.75) is 156 Å². The largest absolute Gasteiger partial charge is 0.147 e. The van der Waals surface area contributed by atoms with Crippen LogP contribution in [-0.2, 0) is 23.1 Å². The predicted molar refractivity (Wildman–Crippen MR) is 143 cm³/mol. The summed E-state index contributed by atoms with van der Waals surface area (Å²) < 4.78 is 9.08. The van der Waals surface area contributed by atoms with Gasteiger partial charge in [-0.15, -0.1) is 12.4 Å². The minimum absolute atomic E-state index is 0. The number of hydrogen-bond acceptors (Lipinski definition) is 2. The van der Waals surface area contributed by atoms with Gasteiger partial charge in [0.15, 0.2) is 0 Å². The van der Waals surface area contributed by atoms with Crippen LogP contribution in [0.4, 0.5) is 0 Å². The molecular formula is C28H60ClNOTi. The molecule has 2 nitrogen and oxygen atoms in total. The standard InChI is InChI=1S/C20H42N.C8H17O.ClH.Ti/c1-3-5-7-9-11-13-15-17-19-21-20-18-16-14-12-10-8-6-4-2;1-3-5-6-8(4-2)7-9;;/h3-20H2,1-2H3;8H,3-7H2,1-2H3;1H;/q2*-1;;+2. The van der Waals surface area contributed by atoms with Crippen LogP contribution in [0.25, 0.3) is 0 Å². The third kappa shape index (κ3) is 25.5. The average molecular weight is 510 g/mol. The van der Waals surface area contributed by atoms with E-state index < -0.39 is 0 Å². The normalized spacial score (nSPS) is 12.2. The molecule has 0 aromatic rings. The molecule has 0 fully saturated rings. The molecular weight excluding hydrogens is 450 g/mol. The summed E-state index contributed by atoms with van der Waals surface area (Å²) in [5.41, 5.74) is 0. The Morgan fingerprint density at radius 1 is 0.562 bits per heavy atom. The van der Waals surface area contributed by atoms with Crippen molar-refractivity contribution in [2.75, 3.05) is 19.7 Å². The first-order valence-electron chi connectivity index (χ1n) is 14.4. The zero-order valence-electron chi connectivity index (χ0n) is 22.6. The molecule has 0 N–H and O–H groups in total. The molecule has 0 amide bonds. The van der Waals surface area contributed by atoms with Crippen molar-refractivity contribution >= 4 is 12.4 Å². The van der Waals surface area contributed by atoms with Gasteiger partial charge in [0.2, 0.25) is 0 Å². The van der Waals surface area contributed by atoms with E-state index >= 15 is 0 Å². The van der Waals surface area contributed by atoms with Crippen molar-refractivity contribution < 1.29 is 23.1 Å². The Balaban J connectivity index is 0. The smallest absolute Gasteiger partial charge is 0.147 e. The van der Waals surface area contributed by atoms with Crippen LogP contribution < -0.4 is 0 Å². The van der Waals surface area contributed by atoms with Crippen LogP contribution in [0.2, 0.25) is 0 Å². The van der Waals surface area contributed by atoms with Crippen molar-refractivity contribution in [3.8, 4) is 0 Å². The summed E-state index contributed by atoms with van der Waals surface area (Å²) >= 11 is -0.381. The van der Waals surface area contributed by atoms with Gasteiger partial charge in [-0.25, -0.2) is 0 Å². The Kier molecular flexibility index (Phi) is 32.8. The van der Waals surface area contributed by atoms with Crippen LogP contribution in [0.1, 0.15) is 156 Å². The van der Waals surface area contributed by atoms with Crippen molar-refractivity contribution in [3.63, 3.8) is 0 Å². The summed E-state index contributed by atoms with van der Waals surface area (Å²) in [7, 11) is 0. The predicted octanol–water partition coefficient (Wildman–Crippen LogP) is 10.1. The fraction of sp³-hybridized carbons (Fsp3) is 1.00. The van der Waals surface area contributed by atoms with E-state index in [1.165, 1.54) is 142 Å². The summed E-state index contributed by atoms with van der Waals surface area (Å²) in [6.07, 6.45) is 28.0. The van der Waals surface area contributed by atoms with E-state index in [0.29, 0.717) is 0 Å². The van der Waals surface area contributed by atoms with Crippen molar-refractivity contribution in [1.82, 2.24) is 3.38 Å². The van der Waals surface area contributed by atoms with E-state index in [0.717, 1.165) is 12.5 Å². The molecule has 0 heterocycles. The monoisotopic (exact) mass is 509 g/mol. The van der Waals surface area contributed by atoms with Gasteiger partial charge in [-0.1, -0.05) is 0 Å². The molecule has 0 aliphatic carbocycles. The van der Waals surface area contributed by atoms with E-state index in [2.05, 4.69) is 31.1 Å². The van der Waals surface area contributed by atoms with Crippen molar-refractivity contribution in [2.24, 2.45) is 5.92 Å². The molecule has 0 aromatic heterocycles. The van der Waals surface area contributed by atoms with Crippen LogP contribution in [0, 0.1) is 5.92 Å². The second-order valence-electron chi connectivity index (χ2n) is 9.76. The van der Waals surface area contributed by atoms with Crippen LogP contribution in [0.15, 0.2) is 0 Å². The number of unbranched alkanes of at least 4 members (excludes halogenated alkanes) is 15. The van der Waals surface area contributed by atoms with E-state index in [9.17, 15) is 0 Å². The quantitative estimate of drug-likeness (QED) is 0.0849. The Morgan fingerprint density at radius 3 is 1.38 bits per heavy atom. The maximum absolute atomic E-state index is 6.34. The first kappa shape index (κ1) is 35.1. The summed E-state index contributed by atoms with van der Waals surface area (Å²) in [4.78, 5) is 0. The van der Waals surface area contributed by atoms with Crippen LogP contribution >= 0.6 is 12.4 Å². The summed E-state index contributed by atoms with van der Waals surface area (Å²) in [5, 5.41) is 0. The summed E-state index contributed by atoms with van der Waals surface area (Å²) in [5.74, 6) is 0.789. The zero-order chi connectivity index (χ0) is 22.8. The van der Waals surface area contributed by atoms with Gasteiger partial charge in [0.05, 0.1) is 0 Å². The number of hydrogen-bond donors (Lipinski definition) is 0. The van der Waals surface area contributed by atoms with Gasteiger partial charge in [-0.3, -0.25) is 0 Å². The molecule has 1 unspecified atom stereocenters. The van der Waals surface area contributed by atoms with Gasteiger partial charge < -0.3 is 0 Å². The molecule has 0 aromatic carbocycles. The Hall–Kier alpha value is 0.924. The molecule has 0 rings (SSSR count).